The third-order valence-corrected chi connectivity index (χ3v) is 3.46. The summed E-state index contributed by atoms with van der Waals surface area (Å²) in [4.78, 5) is 11.9. The van der Waals surface area contributed by atoms with Crippen LogP contribution in [-0.4, -0.2) is 25.0 Å². The van der Waals surface area contributed by atoms with Gasteiger partial charge in [0.2, 0.25) is 0 Å². The van der Waals surface area contributed by atoms with Crippen molar-refractivity contribution in [2.75, 3.05) is 13.1 Å². The van der Waals surface area contributed by atoms with E-state index in [0.29, 0.717) is 23.2 Å². The maximum atomic E-state index is 11.9. The normalized spacial score (nSPS) is 18.9. The third kappa shape index (κ3) is 3.72. The molecule has 2 rings (SSSR count). The van der Waals surface area contributed by atoms with E-state index in [1.54, 1.807) is 6.07 Å². The molecule has 0 aromatic heterocycles. The van der Waals surface area contributed by atoms with Crippen LogP contribution in [0.15, 0.2) is 18.2 Å². The van der Waals surface area contributed by atoms with Crippen molar-refractivity contribution in [1.29, 1.82) is 0 Å². The predicted molar refractivity (Wildman–Crippen MR) is 74.2 cm³/mol. The molecule has 1 aromatic rings. The van der Waals surface area contributed by atoms with Crippen molar-refractivity contribution in [3.63, 3.8) is 0 Å². The number of benzene rings is 1. The zero-order chi connectivity index (χ0) is 13.0. The average Bonchev–Trinajstić information content (AvgIpc) is 2.80. The first-order valence-corrected chi connectivity index (χ1v) is 6.82. The Balaban J connectivity index is 1.83. The van der Waals surface area contributed by atoms with Crippen molar-refractivity contribution in [3.8, 4) is 0 Å². The van der Waals surface area contributed by atoms with Crippen LogP contribution in [0.3, 0.4) is 0 Å². The Morgan fingerprint density at radius 3 is 3.00 bits per heavy atom. The van der Waals surface area contributed by atoms with Gasteiger partial charge >= 0.3 is 0 Å². The molecular formula is C14H19ClN2O. The van der Waals surface area contributed by atoms with Gasteiger partial charge < -0.3 is 10.6 Å². The van der Waals surface area contributed by atoms with Crippen molar-refractivity contribution in [1.82, 2.24) is 10.6 Å². The summed E-state index contributed by atoms with van der Waals surface area (Å²) in [6.45, 7) is 3.75. The Labute approximate surface area is 113 Å². The number of carbonyl (C=O) groups is 1. The van der Waals surface area contributed by atoms with Crippen LogP contribution in [0.4, 0.5) is 0 Å². The van der Waals surface area contributed by atoms with Gasteiger partial charge in [0, 0.05) is 23.2 Å². The number of hydrogen-bond donors (Lipinski definition) is 2. The molecule has 1 amide bonds. The minimum Gasteiger partial charge on any atom is -0.352 e. The number of hydrogen-bond acceptors (Lipinski definition) is 2. The topological polar surface area (TPSA) is 41.1 Å². The summed E-state index contributed by atoms with van der Waals surface area (Å²) in [5.41, 5.74) is 1.64. The van der Waals surface area contributed by atoms with Gasteiger partial charge in [-0.3, -0.25) is 4.79 Å². The molecule has 0 saturated carbocycles. The van der Waals surface area contributed by atoms with Crippen molar-refractivity contribution in [2.24, 2.45) is 0 Å². The lowest BCUT2D eigenvalue weighted by molar-refractivity contribution is 0.0952. The lowest BCUT2D eigenvalue weighted by Crippen LogP contribution is -2.30. The quantitative estimate of drug-likeness (QED) is 0.879. The summed E-state index contributed by atoms with van der Waals surface area (Å²) in [6.07, 6.45) is 3.45. The molecule has 0 radical (unpaired) electrons. The van der Waals surface area contributed by atoms with E-state index in [1.165, 1.54) is 12.8 Å². The van der Waals surface area contributed by atoms with E-state index >= 15 is 0 Å². The van der Waals surface area contributed by atoms with Crippen LogP contribution in [0.5, 0.6) is 0 Å². The monoisotopic (exact) mass is 266 g/mol. The second-order valence-corrected chi connectivity index (χ2v) is 5.29. The van der Waals surface area contributed by atoms with Gasteiger partial charge in [-0.2, -0.15) is 0 Å². The second-order valence-electron chi connectivity index (χ2n) is 4.86. The number of aryl methyl sites for hydroxylation is 1. The first-order valence-electron chi connectivity index (χ1n) is 6.44. The van der Waals surface area contributed by atoms with Crippen LogP contribution < -0.4 is 10.6 Å². The lowest BCUT2D eigenvalue weighted by atomic mass is 10.1. The summed E-state index contributed by atoms with van der Waals surface area (Å²) in [5.74, 6) is -0.0430. The molecule has 18 heavy (non-hydrogen) atoms. The maximum absolute atomic E-state index is 11.9. The zero-order valence-electron chi connectivity index (χ0n) is 10.6. The van der Waals surface area contributed by atoms with Crippen LogP contribution in [0.1, 0.15) is 35.2 Å². The van der Waals surface area contributed by atoms with Gasteiger partial charge in [-0.05, 0) is 56.5 Å². The van der Waals surface area contributed by atoms with E-state index in [0.717, 1.165) is 18.5 Å². The van der Waals surface area contributed by atoms with E-state index in [2.05, 4.69) is 10.6 Å². The van der Waals surface area contributed by atoms with Gasteiger partial charge in [0.1, 0.15) is 0 Å². The molecule has 1 heterocycles. The Kier molecular flexibility index (Phi) is 4.61. The van der Waals surface area contributed by atoms with E-state index in [-0.39, 0.29) is 5.91 Å². The summed E-state index contributed by atoms with van der Waals surface area (Å²) in [7, 11) is 0. The molecule has 0 spiro atoms. The molecule has 1 atom stereocenters. The number of carbonyl (C=O) groups excluding carboxylic acids is 1. The molecule has 3 nitrogen and oxygen atoms in total. The fraction of sp³-hybridized carbons (Fsp3) is 0.500. The molecular weight excluding hydrogens is 248 g/mol. The predicted octanol–water partition coefficient (Wildman–Crippen LogP) is 2.52. The highest BCUT2D eigenvalue weighted by molar-refractivity contribution is 6.31. The first-order chi connectivity index (χ1) is 8.65. The zero-order valence-corrected chi connectivity index (χ0v) is 11.4. The molecule has 1 aliphatic heterocycles. The molecule has 1 aromatic carbocycles. The smallest absolute Gasteiger partial charge is 0.251 e. The van der Waals surface area contributed by atoms with Crippen molar-refractivity contribution >= 4 is 17.5 Å². The van der Waals surface area contributed by atoms with Gasteiger partial charge in [0.25, 0.3) is 5.91 Å². The minimum atomic E-state index is -0.0430. The SMILES string of the molecule is Cc1cc(Cl)cc(C(=O)NCC[C@H]2CCCN2)c1. The summed E-state index contributed by atoms with van der Waals surface area (Å²) < 4.78 is 0. The van der Waals surface area contributed by atoms with Crippen molar-refractivity contribution in [2.45, 2.75) is 32.2 Å². The van der Waals surface area contributed by atoms with E-state index in [9.17, 15) is 4.79 Å². The van der Waals surface area contributed by atoms with Crippen LogP contribution >= 0.6 is 11.6 Å². The van der Waals surface area contributed by atoms with Crippen molar-refractivity contribution in [3.05, 3.63) is 34.3 Å². The van der Waals surface area contributed by atoms with Gasteiger partial charge in [0.15, 0.2) is 0 Å². The van der Waals surface area contributed by atoms with Gasteiger partial charge in [-0.25, -0.2) is 0 Å². The summed E-state index contributed by atoms with van der Waals surface area (Å²) in [5, 5.41) is 6.97. The molecule has 0 unspecified atom stereocenters. The standard InChI is InChI=1S/C14H19ClN2O/c1-10-7-11(9-12(15)8-10)14(18)17-6-4-13-3-2-5-16-13/h7-9,13,16H,2-6H2,1H3,(H,17,18)/t13-/m1/s1. The van der Waals surface area contributed by atoms with Crippen molar-refractivity contribution < 1.29 is 4.79 Å². The fourth-order valence-corrected chi connectivity index (χ4v) is 2.62. The van der Waals surface area contributed by atoms with Crippen LogP contribution in [-0.2, 0) is 0 Å². The molecule has 0 bridgehead atoms. The van der Waals surface area contributed by atoms with E-state index in [1.807, 2.05) is 19.1 Å². The fourth-order valence-electron chi connectivity index (χ4n) is 2.33. The summed E-state index contributed by atoms with van der Waals surface area (Å²) in [6, 6.07) is 5.97. The Morgan fingerprint density at radius 2 is 2.33 bits per heavy atom. The van der Waals surface area contributed by atoms with Crippen LogP contribution in [0.2, 0.25) is 5.02 Å². The van der Waals surface area contributed by atoms with Gasteiger partial charge in [-0.15, -0.1) is 0 Å². The molecule has 4 heteroatoms. The number of amides is 1. The molecule has 98 valence electrons. The Hall–Kier alpha value is -1.06. The highest BCUT2D eigenvalue weighted by Gasteiger charge is 2.14. The number of halogens is 1. The third-order valence-electron chi connectivity index (χ3n) is 3.25. The number of rotatable bonds is 4. The van der Waals surface area contributed by atoms with Gasteiger partial charge in [-0.1, -0.05) is 11.6 Å². The highest BCUT2D eigenvalue weighted by atomic mass is 35.5. The lowest BCUT2D eigenvalue weighted by Gasteiger charge is -2.11. The first kappa shape index (κ1) is 13.4. The molecule has 1 saturated heterocycles. The average molecular weight is 267 g/mol. The highest BCUT2D eigenvalue weighted by Crippen LogP contribution is 2.14. The molecule has 2 N–H and O–H groups in total. The number of nitrogens with one attached hydrogen (secondary N) is 2. The molecule has 1 fully saturated rings. The van der Waals surface area contributed by atoms with Gasteiger partial charge in [0.05, 0.1) is 0 Å². The van der Waals surface area contributed by atoms with E-state index in [4.69, 9.17) is 11.6 Å². The van der Waals surface area contributed by atoms with E-state index < -0.39 is 0 Å². The van der Waals surface area contributed by atoms with Crippen LogP contribution in [0.25, 0.3) is 0 Å². The largest absolute Gasteiger partial charge is 0.352 e. The molecule has 0 aliphatic carbocycles. The molecule has 1 aliphatic rings. The minimum absolute atomic E-state index is 0.0430. The Bertz CT molecular complexity index is 408. The summed E-state index contributed by atoms with van der Waals surface area (Å²) >= 11 is 5.94. The van der Waals surface area contributed by atoms with Crippen LogP contribution in [0, 0.1) is 6.92 Å². The maximum Gasteiger partial charge on any atom is 0.251 e. The second kappa shape index (κ2) is 6.21. The Morgan fingerprint density at radius 1 is 1.50 bits per heavy atom.